The van der Waals surface area contributed by atoms with E-state index in [1.54, 1.807) is 6.07 Å². The predicted octanol–water partition coefficient (Wildman–Crippen LogP) is 2.44. The Morgan fingerprint density at radius 1 is 1.34 bits per heavy atom. The van der Waals surface area contributed by atoms with Gasteiger partial charge in [-0.05, 0) is 67.9 Å². The third-order valence-electron chi connectivity index (χ3n) is 5.95. The first-order valence-electron chi connectivity index (χ1n) is 9.84. The zero-order chi connectivity index (χ0) is 20.6. The van der Waals surface area contributed by atoms with Gasteiger partial charge in [0.25, 0.3) is 5.91 Å². The SMILES string of the molecule is Cc1cc(NC(=O)C2(O)CCN(CCc3ccc4c(c3C)COC4=O)CC2)sn1. The fraction of sp³-hybridized carbons (Fsp3) is 0.476. The van der Waals surface area contributed by atoms with Crippen LogP contribution in [0, 0.1) is 13.8 Å². The molecule has 7 nitrogen and oxygen atoms in total. The molecule has 1 aromatic heterocycles. The lowest BCUT2D eigenvalue weighted by Gasteiger charge is -2.37. The molecule has 2 aromatic rings. The summed E-state index contributed by atoms with van der Waals surface area (Å²) < 4.78 is 9.27. The number of carbonyl (C=O) groups excluding carboxylic acids is 2. The smallest absolute Gasteiger partial charge is 0.338 e. The predicted molar refractivity (Wildman–Crippen MR) is 110 cm³/mol. The van der Waals surface area contributed by atoms with Crippen molar-refractivity contribution in [2.75, 3.05) is 25.0 Å². The van der Waals surface area contributed by atoms with E-state index in [1.807, 2.05) is 26.0 Å². The Morgan fingerprint density at radius 2 is 2.10 bits per heavy atom. The number of ether oxygens (including phenoxy) is 1. The van der Waals surface area contributed by atoms with Gasteiger partial charge in [0.05, 0.1) is 11.3 Å². The summed E-state index contributed by atoms with van der Waals surface area (Å²) in [5.74, 6) is -0.586. The van der Waals surface area contributed by atoms with Gasteiger partial charge in [-0.15, -0.1) is 0 Å². The molecule has 1 fully saturated rings. The third-order valence-corrected chi connectivity index (χ3v) is 6.74. The quantitative estimate of drug-likeness (QED) is 0.729. The summed E-state index contributed by atoms with van der Waals surface area (Å²) >= 11 is 1.22. The highest BCUT2D eigenvalue weighted by atomic mass is 32.1. The zero-order valence-corrected chi connectivity index (χ0v) is 17.5. The molecule has 8 heteroatoms. The van der Waals surface area contributed by atoms with Crippen molar-refractivity contribution in [2.45, 2.75) is 45.3 Å². The lowest BCUT2D eigenvalue weighted by Crippen LogP contribution is -2.51. The average Bonchev–Trinajstić information content (AvgIpc) is 3.28. The summed E-state index contributed by atoms with van der Waals surface area (Å²) in [5.41, 5.74) is 3.52. The van der Waals surface area contributed by atoms with E-state index in [0.29, 0.717) is 43.1 Å². The van der Waals surface area contributed by atoms with Gasteiger partial charge in [-0.25, -0.2) is 4.79 Å². The molecule has 0 atom stereocenters. The van der Waals surface area contributed by atoms with E-state index in [2.05, 4.69) is 14.6 Å². The Morgan fingerprint density at radius 3 is 2.79 bits per heavy atom. The van der Waals surface area contributed by atoms with Gasteiger partial charge in [0.1, 0.15) is 17.2 Å². The summed E-state index contributed by atoms with van der Waals surface area (Å²) in [7, 11) is 0. The summed E-state index contributed by atoms with van der Waals surface area (Å²) in [5, 5.41) is 14.2. The number of fused-ring (bicyclic) bond motifs is 1. The average molecular weight is 416 g/mol. The topological polar surface area (TPSA) is 91.8 Å². The summed E-state index contributed by atoms with van der Waals surface area (Å²) in [6, 6.07) is 5.66. The van der Waals surface area contributed by atoms with Gasteiger partial charge < -0.3 is 20.1 Å². The number of benzene rings is 1. The number of aliphatic hydroxyl groups is 1. The molecular formula is C21H25N3O4S. The Balaban J connectivity index is 1.31. The number of piperidine rings is 1. The fourth-order valence-corrected chi connectivity index (χ4v) is 4.63. The molecular weight excluding hydrogens is 390 g/mol. The largest absolute Gasteiger partial charge is 0.457 e. The first kappa shape index (κ1) is 20.0. The standard InChI is InChI=1S/C21H25N3O4S/c1-13-11-18(29-23-13)22-20(26)21(27)6-9-24(10-7-21)8-5-15-3-4-16-17(14(15)2)12-28-19(16)25/h3-4,11,27H,5-10,12H2,1-2H3,(H,22,26). The first-order valence-corrected chi connectivity index (χ1v) is 10.6. The molecule has 29 heavy (non-hydrogen) atoms. The number of aryl methyl sites for hydroxylation is 1. The van der Waals surface area contributed by atoms with Crippen molar-refractivity contribution in [1.82, 2.24) is 9.27 Å². The van der Waals surface area contributed by atoms with Crippen LogP contribution in [0.3, 0.4) is 0 Å². The number of aromatic nitrogens is 1. The number of carbonyl (C=O) groups is 2. The molecule has 0 spiro atoms. The highest BCUT2D eigenvalue weighted by molar-refractivity contribution is 7.10. The highest BCUT2D eigenvalue weighted by Gasteiger charge is 2.39. The molecule has 2 aliphatic rings. The van der Waals surface area contributed by atoms with Crippen LogP contribution in [0.4, 0.5) is 5.00 Å². The maximum atomic E-state index is 12.5. The Hall–Kier alpha value is -2.29. The van der Waals surface area contributed by atoms with Gasteiger partial charge >= 0.3 is 5.97 Å². The number of hydrogen-bond donors (Lipinski definition) is 2. The molecule has 0 aliphatic carbocycles. The van der Waals surface area contributed by atoms with Gasteiger partial charge in [0, 0.05) is 25.2 Å². The first-order chi connectivity index (χ1) is 13.9. The van der Waals surface area contributed by atoms with Crippen molar-refractivity contribution in [2.24, 2.45) is 0 Å². The van der Waals surface area contributed by atoms with E-state index in [4.69, 9.17) is 4.74 Å². The van der Waals surface area contributed by atoms with Crippen LogP contribution in [0.5, 0.6) is 0 Å². The molecule has 0 radical (unpaired) electrons. The number of anilines is 1. The maximum absolute atomic E-state index is 12.5. The number of cyclic esters (lactones) is 1. The fourth-order valence-electron chi connectivity index (χ4n) is 3.97. The summed E-state index contributed by atoms with van der Waals surface area (Å²) in [4.78, 5) is 26.5. The normalized spacial score (nSPS) is 18.4. The minimum atomic E-state index is -1.34. The number of likely N-dealkylation sites (tertiary alicyclic amines) is 1. The van der Waals surface area contributed by atoms with Crippen molar-refractivity contribution in [3.63, 3.8) is 0 Å². The minimum absolute atomic E-state index is 0.239. The molecule has 2 aliphatic heterocycles. The summed E-state index contributed by atoms with van der Waals surface area (Å²) in [6.45, 7) is 6.44. The molecule has 0 saturated carbocycles. The van der Waals surface area contributed by atoms with E-state index in [0.717, 1.165) is 29.8 Å². The Kier molecular flexibility index (Phi) is 5.42. The maximum Gasteiger partial charge on any atom is 0.338 e. The van der Waals surface area contributed by atoms with Gasteiger partial charge in [-0.2, -0.15) is 4.37 Å². The number of amides is 1. The number of rotatable bonds is 5. The summed E-state index contributed by atoms with van der Waals surface area (Å²) in [6.07, 6.45) is 1.67. The molecule has 3 heterocycles. The van der Waals surface area contributed by atoms with Crippen molar-refractivity contribution in [3.8, 4) is 0 Å². The number of esters is 1. The Bertz CT molecular complexity index is 947. The zero-order valence-electron chi connectivity index (χ0n) is 16.7. The molecule has 1 saturated heterocycles. The van der Waals surface area contributed by atoms with E-state index in [-0.39, 0.29) is 11.9 Å². The van der Waals surface area contributed by atoms with Crippen LogP contribution in [0.25, 0.3) is 0 Å². The van der Waals surface area contributed by atoms with Crippen LogP contribution in [-0.4, -0.2) is 51.5 Å². The molecule has 2 N–H and O–H groups in total. The van der Waals surface area contributed by atoms with Gasteiger partial charge in [0.15, 0.2) is 0 Å². The second-order valence-electron chi connectivity index (χ2n) is 7.86. The van der Waals surface area contributed by atoms with Crippen LogP contribution in [0.2, 0.25) is 0 Å². The highest BCUT2D eigenvalue weighted by Crippen LogP contribution is 2.28. The monoisotopic (exact) mass is 415 g/mol. The second-order valence-corrected chi connectivity index (χ2v) is 8.67. The Labute approximate surface area is 173 Å². The van der Waals surface area contributed by atoms with E-state index >= 15 is 0 Å². The molecule has 1 amide bonds. The van der Waals surface area contributed by atoms with Crippen LogP contribution < -0.4 is 5.32 Å². The van der Waals surface area contributed by atoms with Crippen LogP contribution in [0.1, 0.15) is 45.6 Å². The number of nitrogens with one attached hydrogen (secondary N) is 1. The van der Waals surface area contributed by atoms with Gasteiger partial charge in [0.2, 0.25) is 0 Å². The van der Waals surface area contributed by atoms with E-state index < -0.39 is 5.60 Å². The van der Waals surface area contributed by atoms with Crippen molar-refractivity contribution < 1.29 is 19.4 Å². The molecule has 1 aromatic carbocycles. The second kappa shape index (κ2) is 7.85. The number of hydrogen-bond acceptors (Lipinski definition) is 7. The van der Waals surface area contributed by atoms with Gasteiger partial charge in [-0.1, -0.05) is 6.07 Å². The number of nitrogens with zero attached hydrogens (tertiary/aromatic N) is 2. The molecule has 0 bridgehead atoms. The molecule has 4 rings (SSSR count). The van der Waals surface area contributed by atoms with Crippen LogP contribution in [0.15, 0.2) is 18.2 Å². The lowest BCUT2D eigenvalue weighted by atomic mass is 9.90. The van der Waals surface area contributed by atoms with E-state index in [1.165, 1.54) is 17.1 Å². The van der Waals surface area contributed by atoms with Crippen molar-refractivity contribution >= 4 is 28.4 Å². The van der Waals surface area contributed by atoms with Crippen molar-refractivity contribution in [1.29, 1.82) is 0 Å². The van der Waals surface area contributed by atoms with E-state index in [9.17, 15) is 14.7 Å². The molecule has 0 unspecified atom stereocenters. The molecule has 154 valence electrons. The lowest BCUT2D eigenvalue weighted by molar-refractivity contribution is -0.138. The van der Waals surface area contributed by atoms with Crippen molar-refractivity contribution in [3.05, 3.63) is 46.1 Å². The van der Waals surface area contributed by atoms with Crippen LogP contribution >= 0.6 is 11.5 Å². The van der Waals surface area contributed by atoms with Crippen LogP contribution in [-0.2, 0) is 22.6 Å². The minimum Gasteiger partial charge on any atom is -0.457 e. The van der Waals surface area contributed by atoms with Gasteiger partial charge in [-0.3, -0.25) is 4.79 Å². The third kappa shape index (κ3) is 4.05.